The van der Waals surface area contributed by atoms with Crippen molar-refractivity contribution in [2.75, 3.05) is 21.1 Å². The molecule has 158 valence electrons. The van der Waals surface area contributed by atoms with Crippen LogP contribution in [-0.4, -0.2) is 48.1 Å². The molecule has 2 aromatic rings. The number of hydrogen-bond donors (Lipinski definition) is 1. The number of aromatic nitrogens is 2. The van der Waals surface area contributed by atoms with E-state index in [2.05, 4.69) is 15.4 Å². The number of carbonyl (C=O) groups excluding carboxylic acids is 1. The Balaban J connectivity index is 2.62. The van der Waals surface area contributed by atoms with Gasteiger partial charge >= 0.3 is 6.18 Å². The molecule has 0 radical (unpaired) electrons. The van der Waals surface area contributed by atoms with Crippen molar-refractivity contribution < 1.29 is 26.7 Å². The highest BCUT2D eigenvalue weighted by Crippen LogP contribution is 2.34. The second-order valence-electron chi connectivity index (χ2n) is 6.36. The predicted molar refractivity (Wildman–Crippen MR) is 97.7 cm³/mol. The fourth-order valence-corrected chi connectivity index (χ4v) is 2.68. The van der Waals surface area contributed by atoms with E-state index in [1.807, 2.05) is 0 Å². The van der Waals surface area contributed by atoms with Crippen LogP contribution in [0.5, 0.6) is 0 Å². The van der Waals surface area contributed by atoms with Crippen LogP contribution in [0.4, 0.5) is 27.8 Å². The van der Waals surface area contributed by atoms with E-state index in [1.54, 1.807) is 33.0 Å². The van der Waals surface area contributed by atoms with Gasteiger partial charge < -0.3 is 10.2 Å². The molecular weight excluding hydrogens is 397 g/mol. The second kappa shape index (κ2) is 8.58. The topological polar surface area (TPSA) is 62.5 Å². The van der Waals surface area contributed by atoms with Crippen molar-refractivity contribution in [3.63, 3.8) is 0 Å². The van der Waals surface area contributed by atoms with E-state index in [1.165, 1.54) is 12.1 Å². The van der Waals surface area contributed by atoms with Crippen molar-refractivity contribution in [1.29, 1.82) is 0 Å². The molecule has 2 rings (SSSR count). The number of aliphatic imine (C=N–C) groups is 1. The summed E-state index contributed by atoms with van der Waals surface area (Å²) >= 11 is 0. The van der Waals surface area contributed by atoms with Gasteiger partial charge in [0.25, 0.3) is 6.43 Å². The van der Waals surface area contributed by atoms with Crippen molar-refractivity contribution in [2.24, 2.45) is 4.99 Å². The van der Waals surface area contributed by atoms with E-state index < -0.39 is 29.9 Å². The van der Waals surface area contributed by atoms with E-state index in [4.69, 9.17) is 0 Å². The van der Waals surface area contributed by atoms with E-state index in [-0.39, 0.29) is 23.6 Å². The first-order valence-corrected chi connectivity index (χ1v) is 8.47. The Kier molecular flexibility index (Phi) is 6.60. The molecule has 0 aliphatic carbocycles. The minimum atomic E-state index is -4.50. The molecule has 0 amide bonds. The minimum Gasteiger partial charge on any atom is -0.359 e. The highest BCUT2D eigenvalue weighted by molar-refractivity contribution is 5.88. The molecule has 0 unspecified atom stereocenters. The van der Waals surface area contributed by atoms with Crippen LogP contribution >= 0.6 is 0 Å². The molecule has 1 aromatic carbocycles. The molecule has 0 fully saturated rings. The van der Waals surface area contributed by atoms with E-state index in [0.29, 0.717) is 5.56 Å². The maximum absolute atomic E-state index is 13.4. The normalized spacial score (nSPS) is 13.5. The summed E-state index contributed by atoms with van der Waals surface area (Å²) in [4.78, 5) is 17.3. The molecule has 1 atom stereocenters. The zero-order chi connectivity index (χ0) is 21.9. The highest BCUT2D eigenvalue weighted by atomic mass is 19.4. The van der Waals surface area contributed by atoms with Crippen LogP contribution in [0.1, 0.15) is 46.6 Å². The van der Waals surface area contributed by atoms with Crippen LogP contribution in [0.15, 0.2) is 29.3 Å². The summed E-state index contributed by atoms with van der Waals surface area (Å²) in [5.74, 6) is 0.149. The maximum Gasteiger partial charge on any atom is 0.416 e. The molecule has 0 saturated heterocycles. The molecule has 1 heterocycles. The molecule has 0 bridgehead atoms. The summed E-state index contributed by atoms with van der Waals surface area (Å²) in [5.41, 5.74) is -1.58. The Morgan fingerprint density at radius 3 is 2.24 bits per heavy atom. The number of aldehydes is 1. The molecule has 11 heteroatoms. The summed E-state index contributed by atoms with van der Waals surface area (Å²) in [6, 6.07) is 3.49. The number of rotatable bonds is 5. The summed E-state index contributed by atoms with van der Waals surface area (Å²) < 4.78 is 66.3. The van der Waals surface area contributed by atoms with Gasteiger partial charge in [-0.25, -0.2) is 13.5 Å². The Hall–Kier alpha value is -2.98. The van der Waals surface area contributed by atoms with E-state index in [9.17, 15) is 26.7 Å². The number of guanidine groups is 1. The summed E-state index contributed by atoms with van der Waals surface area (Å²) in [7, 11) is 4.88. The van der Waals surface area contributed by atoms with Gasteiger partial charge in [-0.1, -0.05) is 12.1 Å². The van der Waals surface area contributed by atoms with Gasteiger partial charge in [0.05, 0.1) is 17.2 Å². The van der Waals surface area contributed by atoms with Gasteiger partial charge in [0.1, 0.15) is 5.69 Å². The summed E-state index contributed by atoms with van der Waals surface area (Å²) in [6.45, 7) is 1.56. The number of nitrogens with zero attached hydrogens (tertiary/aromatic N) is 4. The molecule has 0 saturated carbocycles. The molecule has 1 N–H and O–H groups in total. The fourth-order valence-electron chi connectivity index (χ4n) is 2.68. The van der Waals surface area contributed by atoms with Crippen molar-refractivity contribution in [3.8, 4) is 0 Å². The lowest BCUT2D eigenvalue weighted by Gasteiger charge is -2.18. The third-order valence-electron chi connectivity index (χ3n) is 4.22. The maximum atomic E-state index is 13.4. The highest BCUT2D eigenvalue weighted by Gasteiger charge is 2.31. The largest absolute Gasteiger partial charge is 0.416 e. The fraction of sp³-hybridized carbons (Fsp3) is 0.389. The average molecular weight is 417 g/mol. The van der Waals surface area contributed by atoms with Gasteiger partial charge in [0.15, 0.2) is 18.1 Å². The number of carbonyl (C=O) groups is 1. The summed E-state index contributed by atoms with van der Waals surface area (Å²) in [5, 5.41) is 6.61. The Labute approximate surface area is 164 Å². The lowest BCUT2D eigenvalue weighted by molar-refractivity contribution is -0.137. The van der Waals surface area contributed by atoms with Crippen molar-refractivity contribution in [2.45, 2.75) is 25.6 Å². The first-order chi connectivity index (χ1) is 13.5. The lowest BCUT2D eigenvalue weighted by Crippen LogP contribution is -2.33. The van der Waals surface area contributed by atoms with Gasteiger partial charge in [-0.3, -0.25) is 4.79 Å². The van der Waals surface area contributed by atoms with Crippen molar-refractivity contribution >= 4 is 18.1 Å². The molecular formula is C18H20F5N5O. The van der Waals surface area contributed by atoms with Gasteiger partial charge in [-0.2, -0.15) is 23.3 Å². The number of nitrogens with one attached hydrogen (secondary N) is 1. The van der Waals surface area contributed by atoms with Gasteiger partial charge in [-0.15, -0.1) is 0 Å². The third-order valence-corrected chi connectivity index (χ3v) is 4.22. The van der Waals surface area contributed by atoms with Gasteiger partial charge in [0.2, 0.25) is 0 Å². The molecule has 29 heavy (non-hydrogen) atoms. The standard InChI is InChI=1S/C18H20F5N5O/c1-10(11-5-7-12(8-6-11)18(21,22)23)28-16(25-17(24-2)27(3)4)13(9-29)14(26-28)15(19)20/h5-10,15H,1-4H3,(H,24,25)/t10-/m0/s1. The van der Waals surface area contributed by atoms with Crippen LogP contribution in [0.3, 0.4) is 0 Å². The third kappa shape index (κ3) is 4.72. The van der Waals surface area contributed by atoms with Crippen LogP contribution in [-0.2, 0) is 6.18 Å². The molecule has 0 spiro atoms. The van der Waals surface area contributed by atoms with Crippen LogP contribution in [0.25, 0.3) is 0 Å². The zero-order valence-corrected chi connectivity index (χ0v) is 16.1. The Morgan fingerprint density at radius 2 is 1.83 bits per heavy atom. The smallest absolute Gasteiger partial charge is 0.359 e. The lowest BCUT2D eigenvalue weighted by atomic mass is 10.1. The number of benzene rings is 1. The van der Waals surface area contributed by atoms with Crippen LogP contribution < -0.4 is 5.32 Å². The average Bonchev–Trinajstić information content (AvgIpc) is 3.03. The molecule has 6 nitrogen and oxygen atoms in total. The van der Waals surface area contributed by atoms with E-state index in [0.717, 1.165) is 16.8 Å². The van der Waals surface area contributed by atoms with Gasteiger partial charge in [-0.05, 0) is 24.6 Å². The van der Waals surface area contributed by atoms with Gasteiger partial charge in [0, 0.05) is 21.1 Å². The first kappa shape index (κ1) is 22.3. The second-order valence-corrected chi connectivity index (χ2v) is 6.36. The molecule has 0 aliphatic rings. The van der Waals surface area contributed by atoms with Crippen molar-refractivity contribution in [1.82, 2.24) is 20.0 Å². The zero-order valence-electron chi connectivity index (χ0n) is 16.1. The number of alkyl halides is 5. The monoisotopic (exact) mass is 417 g/mol. The Morgan fingerprint density at radius 1 is 1.24 bits per heavy atom. The SMILES string of the molecule is CN/C(=N\c1c(C=O)c(C(F)F)nn1[C@@H](C)c1ccc(C(F)(F)F)cc1)N(C)C. The Bertz CT molecular complexity index is 887. The van der Waals surface area contributed by atoms with Crippen LogP contribution in [0, 0.1) is 0 Å². The number of hydrogen-bond acceptors (Lipinski definition) is 3. The van der Waals surface area contributed by atoms with Crippen molar-refractivity contribution in [3.05, 3.63) is 46.6 Å². The molecule has 0 aliphatic heterocycles. The first-order valence-electron chi connectivity index (χ1n) is 8.47. The predicted octanol–water partition coefficient (Wildman–Crippen LogP) is 4.03. The van der Waals surface area contributed by atoms with Crippen LogP contribution in [0.2, 0.25) is 0 Å². The minimum absolute atomic E-state index is 0.124. The quantitative estimate of drug-likeness (QED) is 0.345. The number of halogens is 5. The van der Waals surface area contributed by atoms with E-state index >= 15 is 0 Å². The summed E-state index contributed by atoms with van der Waals surface area (Å²) in [6.07, 6.45) is -7.28. The molecule has 1 aromatic heterocycles.